The molecule has 0 aliphatic rings. The Morgan fingerprint density at radius 1 is 1.10 bits per heavy atom. The number of nitrogens with one attached hydrogen (secondary N) is 2. The molecule has 0 spiro atoms. The highest BCUT2D eigenvalue weighted by Gasteiger charge is 2.11. The van der Waals surface area contributed by atoms with Crippen molar-refractivity contribution in [3.63, 3.8) is 0 Å². The average molecular weight is 432 g/mol. The van der Waals surface area contributed by atoms with E-state index in [1.54, 1.807) is 49.6 Å². The predicted octanol–water partition coefficient (Wildman–Crippen LogP) is 4.40. The molecule has 0 aliphatic carbocycles. The molecule has 0 aromatic heterocycles. The molecule has 0 radical (unpaired) electrons. The van der Waals surface area contributed by atoms with E-state index in [2.05, 4.69) is 22.8 Å². The quantitative estimate of drug-likeness (QED) is 0.239. The Labute approximate surface area is 181 Å². The van der Waals surface area contributed by atoms with Gasteiger partial charge in [-0.1, -0.05) is 37.4 Å². The van der Waals surface area contributed by atoms with Crippen LogP contribution in [0.15, 0.2) is 47.6 Å². The van der Waals surface area contributed by atoms with E-state index in [-0.39, 0.29) is 6.42 Å². The zero-order valence-corrected chi connectivity index (χ0v) is 17.9. The van der Waals surface area contributed by atoms with Crippen LogP contribution in [0.1, 0.15) is 38.2 Å². The number of ether oxygens (including phenoxy) is 2. The summed E-state index contributed by atoms with van der Waals surface area (Å²) in [7, 11) is 1.57. The fraction of sp³-hybridized carbons (Fsp3) is 0.318. The van der Waals surface area contributed by atoms with E-state index in [0.717, 1.165) is 19.3 Å². The zero-order chi connectivity index (χ0) is 21.8. The van der Waals surface area contributed by atoms with Gasteiger partial charge in [0.15, 0.2) is 11.5 Å². The van der Waals surface area contributed by atoms with Crippen molar-refractivity contribution in [1.82, 2.24) is 5.43 Å². The number of methoxy groups -OCH3 is 1. The molecule has 0 saturated heterocycles. The summed E-state index contributed by atoms with van der Waals surface area (Å²) in [5.74, 6) is 0.163. The molecular weight excluding hydrogens is 406 g/mol. The van der Waals surface area contributed by atoms with Gasteiger partial charge < -0.3 is 14.8 Å². The van der Waals surface area contributed by atoms with E-state index in [4.69, 9.17) is 21.1 Å². The first kappa shape index (κ1) is 23.2. The number of hydrogen-bond donors (Lipinski definition) is 2. The van der Waals surface area contributed by atoms with E-state index < -0.39 is 11.8 Å². The van der Waals surface area contributed by atoms with Crippen LogP contribution >= 0.6 is 11.6 Å². The summed E-state index contributed by atoms with van der Waals surface area (Å²) in [6, 6.07) is 12.0. The van der Waals surface area contributed by atoms with Crippen LogP contribution in [0.4, 0.5) is 5.69 Å². The van der Waals surface area contributed by atoms with Crippen molar-refractivity contribution >= 4 is 35.3 Å². The second-order valence-corrected chi connectivity index (χ2v) is 6.90. The smallest absolute Gasteiger partial charge is 0.249 e. The molecule has 0 fully saturated rings. The lowest BCUT2D eigenvalue weighted by molar-refractivity contribution is -0.126. The van der Waals surface area contributed by atoms with Gasteiger partial charge in [0, 0.05) is 16.3 Å². The fourth-order valence-corrected chi connectivity index (χ4v) is 2.70. The van der Waals surface area contributed by atoms with E-state index >= 15 is 0 Å². The summed E-state index contributed by atoms with van der Waals surface area (Å²) < 4.78 is 11.2. The summed E-state index contributed by atoms with van der Waals surface area (Å²) in [6.45, 7) is 2.69. The van der Waals surface area contributed by atoms with Gasteiger partial charge in [-0.15, -0.1) is 0 Å². The third-order valence-corrected chi connectivity index (χ3v) is 4.32. The fourth-order valence-electron chi connectivity index (χ4n) is 2.57. The second kappa shape index (κ2) is 12.5. The molecule has 8 heteroatoms. The van der Waals surface area contributed by atoms with Gasteiger partial charge in [0.05, 0.1) is 19.9 Å². The minimum atomic E-state index is -0.536. The van der Waals surface area contributed by atoms with Crippen LogP contribution in [-0.2, 0) is 9.59 Å². The van der Waals surface area contributed by atoms with Crippen molar-refractivity contribution in [3.05, 3.63) is 53.1 Å². The second-order valence-electron chi connectivity index (χ2n) is 6.46. The normalized spacial score (nSPS) is 10.6. The lowest BCUT2D eigenvalue weighted by Gasteiger charge is -2.13. The lowest BCUT2D eigenvalue weighted by Crippen LogP contribution is -2.24. The van der Waals surface area contributed by atoms with Gasteiger partial charge in [-0.3, -0.25) is 9.59 Å². The molecule has 0 heterocycles. The van der Waals surface area contributed by atoms with Crippen LogP contribution in [0, 0.1) is 0 Å². The summed E-state index contributed by atoms with van der Waals surface area (Å²) in [6.07, 6.45) is 4.21. The predicted molar refractivity (Wildman–Crippen MR) is 118 cm³/mol. The number of rotatable bonds is 11. The third-order valence-electron chi connectivity index (χ3n) is 4.07. The third kappa shape index (κ3) is 7.75. The summed E-state index contributed by atoms with van der Waals surface area (Å²) in [5, 5.41) is 7.12. The highest BCUT2D eigenvalue weighted by atomic mass is 35.5. The number of hydrogen-bond acceptors (Lipinski definition) is 5. The zero-order valence-electron chi connectivity index (χ0n) is 17.1. The largest absolute Gasteiger partial charge is 0.493 e. The number of benzene rings is 2. The number of anilines is 1. The Hall–Kier alpha value is -3.06. The molecule has 30 heavy (non-hydrogen) atoms. The molecule has 2 N–H and O–H groups in total. The van der Waals surface area contributed by atoms with E-state index in [0.29, 0.717) is 34.4 Å². The van der Waals surface area contributed by atoms with Gasteiger partial charge in [-0.25, -0.2) is 5.43 Å². The molecule has 0 bridgehead atoms. The minimum Gasteiger partial charge on any atom is -0.493 e. The van der Waals surface area contributed by atoms with Crippen LogP contribution in [0.2, 0.25) is 5.02 Å². The van der Waals surface area contributed by atoms with E-state index in [1.807, 2.05) is 0 Å². The number of halogens is 1. The highest BCUT2D eigenvalue weighted by Crippen LogP contribution is 2.30. The highest BCUT2D eigenvalue weighted by molar-refractivity contribution is 6.30. The monoisotopic (exact) mass is 431 g/mol. The van der Waals surface area contributed by atoms with Crippen LogP contribution in [0.25, 0.3) is 0 Å². The number of para-hydroxylation sites is 1. The number of amides is 2. The molecule has 7 nitrogen and oxygen atoms in total. The number of carbonyl (C=O) groups excluding carboxylic acids is 2. The molecule has 160 valence electrons. The minimum absolute atomic E-state index is 0.363. The molecule has 2 amide bonds. The van der Waals surface area contributed by atoms with Gasteiger partial charge in [0.2, 0.25) is 11.8 Å². The maximum absolute atomic E-state index is 12.0. The molecule has 2 aromatic carbocycles. The van der Waals surface area contributed by atoms with E-state index in [1.165, 1.54) is 6.21 Å². The molecule has 0 atom stereocenters. The maximum atomic E-state index is 12.0. The van der Waals surface area contributed by atoms with Gasteiger partial charge in [-0.2, -0.15) is 5.10 Å². The molecule has 2 aromatic rings. The molecule has 0 aliphatic heterocycles. The summed E-state index contributed by atoms with van der Waals surface area (Å²) in [5.41, 5.74) is 3.57. The van der Waals surface area contributed by atoms with Crippen LogP contribution in [0.5, 0.6) is 11.5 Å². The summed E-state index contributed by atoms with van der Waals surface area (Å²) >= 11 is 5.80. The first-order valence-electron chi connectivity index (χ1n) is 9.70. The summed E-state index contributed by atoms with van der Waals surface area (Å²) in [4.78, 5) is 23.9. The molecule has 0 unspecified atom stereocenters. The number of hydrazone groups is 1. The SMILES string of the molecule is CCCCCOc1c(C=NNC(=O)CC(=O)Nc2ccc(Cl)cc2)cccc1OC. The van der Waals surface area contributed by atoms with Crippen molar-refractivity contribution in [3.8, 4) is 11.5 Å². The first-order valence-corrected chi connectivity index (χ1v) is 10.1. The van der Waals surface area contributed by atoms with Crippen molar-refractivity contribution in [2.24, 2.45) is 5.10 Å². The van der Waals surface area contributed by atoms with Gasteiger partial charge >= 0.3 is 0 Å². The van der Waals surface area contributed by atoms with Crippen LogP contribution in [0.3, 0.4) is 0 Å². The molecular formula is C22H26ClN3O4. The van der Waals surface area contributed by atoms with E-state index in [9.17, 15) is 9.59 Å². The van der Waals surface area contributed by atoms with Crippen molar-refractivity contribution in [2.75, 3.05) is 19.0 Å². The van der Waals surface area contributed by atoms with Crippen LogP contribution in [-0.4, -0.2) is 31.7 Å². The number of carbonyl (C=O) groups is 2. The van der Waals surface area contributed by atoms with Gasteiger partial charge in [0.25, 0.3) is 0 Å². The Bertz CT molecular complexity index is 869. The van der Waals surface area contributed by atoms with Crippen LogP contribution < -0.4 is 20.2 Å². The van der Waals surface area contributed by atoms with Gasteiger partial charge in [-0.05, 0) is 42.8 Å². The Balaban J connectivity index is 1.91. The number of nitrogens with zero attached hydrogens (tertiary/aromatic N) is 1. The standard InChI is InChI=1S/C22H26ClN3O4/c1-3-4-5-13-30-22-16(7-6-8-19(22)29-2)15-24-26-21(28)14-20(27)25-18-11-9-17(23)10-12-18/h6-12,15H,3-5,13-14H2,1-2H3,(H,25,27)(H,26,28). The van der Waals surface area contributed by atoms with Gasteiger partial charge in [0.1, 0.15) is 6.42 Å². The molecule has 0 saturated carbocycles. The topological polar surface area (TPSA) is 89.0 Å². The number of unbranched alkanes of at least 4 members (excludes halogenated alkanes) is 2. The maximum Gasteiger partial charge on any atom is 0.249 e. The average Bonchev–Trinajstić information content (AvgIpc) is 2.73. The Kier molecular flexibility index (Phi) is 9.67. The lowest BCUT2D eigenvalue weighted by atomic mass is 10.2. The Morgan fingerprint density at radius 2 is 1.87 bits per heavy atom. The first-order chi connectivity index (χ1) is 14.5. The van der Waals surface area contributed by atoms with Crippen molar-refractivity contribution in [1.29, 1.82) is 0 Å². The molecule has 2 rings (SSSR count). The van der Waals surface area contributed by atoms with Crippen molar-refractivity contribution in [2.45, 2.75) is 32.6 Å². The van der Waals surface area contributed by atoms with Crippen molar-refractivity contribution < 1.29 is 19.1 Å². The Morgan fingerprint density at radius 3 is 2.57 bits per heavy atom.